The van der Waals surface area contributed by atoms with Gasteiger partial charge in [0.25, 0.3) is 0 Å². The number of fused-ring (bicyclic) bond motifs is 1. The summed E-state index contributed by atoms with van der Waals surface area (Å²) >= 11 is 7.77. The third kappa shape index (κ3) is 4.14. The number of nitrogens with zero attached hydrogens (tertiary/aromatic N) is 4. The summed E-state index contributed by atoms with van der Waals surface area (Å²) in [6, 6.07) is 7.05. The van der Waals surface area contributed by atoms with Gasteiger partial charge in [0.2, 0.25) is 5.91 Å². The Balaban J connectivity index is 1.37. The molecule has 1 N–H and O–H groups in total. The second-order valence-corrected chi connectivity index (χ2v) is 8.18. The Morgan fingerprint density at radius 3 is 2.76 bits per heavy atom. The Morgan fingerprint density at radius 1 is 1.24 bits per heavy atom. The van der Waals surface area contributed by atoms with Crippen molar-refractivity contribution >= 4 is 50.6 Å². The standard InChI is InChI=1S/C20H22ClN5O2S/c1-13(19(27)24-14-3-4-17(28-2)16(21)11-14)25-6-8-26(9-7-25)18-15-5-10-29-20(15)23-12-22-18/h3-5,10-13H,6-9H2,1-2H3,(H,24,27). The van der Waals surface area contributed by atoms with E-state index in [1.165, 1.54) is 0 Å². The topological polar surface area (TPSA) is 70.6 Å². The van der Waals surface area contributed by atoms with Crippen molar-refractivity contribution in [2.45, 2.75) is 13.0 Å². The summed E-state index contributed by atoms with van der Waals surface area (Å²) in [7, 11) is 1.56. The van der Waals surface area contributed by atoms with Gasteiger partial charge in [0, 0.05) is 31.9 Å². The maximum Gasteiger partial charge on any atom is 0.241 e. The molecular formula is C20H22ClN5O2S. The molecule has 1 aromatic carbocycles. The maximum atomic E-state index is 12.7. The van der Waals surface area contributed by atoms with E-state index in [9.17, 15) is 4.79 Å². The third-order valence-corrected chi connectivity index (χ3v) is 6.32. The predicted octanol–water partition coefficient (Wildman–Crippen LogP) is 3.50. The van der Waals surface area contributed by atoms with Crippen LogP contribution < -0.4 is 15.0 Å². The molecule has 0 spiro atoms. The van der Waals surface area contributed by atoms with Crippen LogP contribution in [0, 0.1) is 0 Å². The molecule has 1 amide bonds. The first-order valence-corrected chi connectivity index (χ1v) is 10.6. The molecule has 4 rings (SSSR count). The van der Waals surface area contributed by atoms with Crippen molar-refractivity contribution in [1.82, 2.24) is 14.9 Å². The van der Waals surface area contributed by atoms with Crippen LogP contribution in [0.3, 0.4) is 0 Å². The second kappa shape index (κ2) is 8.52. The van der Waals surface area contributed by atoms with Gasteiger partial charge in [-0.15, -0.1) is 11.3 Å². The van der Waals surface area contributed by atoms with Gasteiger partial charge in [-0.1, -0.05) is 11.6 Å². The van der Waals surface area contributed by atoms with Gasteiger partial charge in [-0.05, 0) is 36.6 Å². The average molecular weight is 432 g/mol. The third-order valence-electron chi connectivity index (χ3n) is 5.20. The molecule has 0 saturated carbocycles. The summed E-state index contributed by atoms with van der Waals surface area (Å²) in [5.41, 5.74) is 0.659. The number of hydrogen-bond acceptors (Lipinski definition) is 7. The van der Waals surface area contributed by atoms with Gasteiger partial charge in [0.1, 0.15) is 22.7 Å². The minimum atomic E-state index is -0.246. The highest BCUT2D eigenvalue weighted by atomic mass is 35.5. The van der Waals surface area contributed by atoms with E-state index < -0.39 is 0 Å². The lowest BCUT2D eigenvalue weighted by Crippen LogP contribution is -2.53. The van der Waals surface area contributed by atoms with Gasteiger partial charge < -0.3 is 15.0 Å². The lowest BCUT2D eigenvalue weighted by molar-refractivity contribution is -0.120. The zero-order valence-electron chi connectivity index (χ0n) is 16.3. The van der Waals surface area contributed by atoms with E-state index in [1.54, 1.807) is 43.0 Å². The fourth-order valence-corrected chi connectivity index (χ4v) is 4.49. The van der Waals surface area contributed by atoms with Crippen LogP contribution in [0.4, 0.5) is 11.5 Å². The van der Waals surface area contributed by atoms with E-state index in [1.807, 2.05) is 12.3 Å². The van der Waals surface area contributed by atoms with Crippen molar-refractivity contribution in [1.29, 1.82) is 0 Å². The summed E-state index contributed by atoms with van der Waals surface area (Å²) in [6.45, 7) is 5.13. The van der Waals surface area contributed by atoms with Gasteiger partial charge in [-0.3, -0.25) is 9.69 Å². The van der Waals surface area contributed by atoms with Crippen molar-refractivity contribution in [3.05, 3.63) is 41.0 Å². The number of methoxy groups -OCH3 is 1. The number of amides is 1. The molecule has 2 aromatic heterocycles. The van der Waals surface area contributed by atoms with Crippen LogP contribution in [0.5, 0.6) is 5.75 Å². The van der Waals surface area contributed by atoms with Crippen LogP contribution in [0.15, 0.2) is 36.0 Å². The maximum absolute atomic E-state index is 12.7. The van der Waals surface area contributed by atoms with Crippen LogP contribution in [0.1, 0.15) is 6.92 Å². The Labute approximate surface area is 178 Å². The Kier molecular flexibility index (Phi) is 5.84. The molecule has 1 fully saturated rings. The highest BCUT2D eigenvalue weighted by Gasteiger charge is 2.27. The lowest BCUT2D eigenvalue weighted by atomic mass is 10.2. The van der Waals surface area contributed by atoms with Crippen molar-refractivity contribution in [3.8, 4) is 5.75 Å². The molecule has 3 heterocycles. The SMILES string of the molecule is COc1ccc(NC(=O)C(C)N2CCN(c3ncnc4sccc34)CC2)cc1Cl. The fraction of sp³-hybridized carbons (Fsp3) is 0.350. The number of thiophene rings is 1. The van der Waals surface area contributed by atoms with Crippen LogP contribution in [0.25, 0.3) is 10.2 Å². The second-order valence-electron chi connectivity index (χ2n) is 6.87. The molecule has 1 aliphatic rings. The molecule has 9 heteroatoms. The minimum Gasteiger partial charge on any atom is -0.495 e. The zero-order chi connectivity index (χ0) is 20.4. The van der Waals surface area contributed by atoms with Crippen molar-refractivity contribution < 1.29 is 9.53 Å². The molecule has 1 saturated heterocycles. The predicted molar refractivity (Wildman–Crippen MR) is 117 cm³/mol. The number of halogens is 1. The summed E-state index contributed by atoms with van der Waals surface area (Å²) < 4.78 is 5.15. The van der Waals surface area contributed by atoms with Crippen LogP contribution in [0.2, 0.25) is 5.02 Å². The van der Waals surface area contributed by atoms with E-state index >= 15 is 0 Å². The van der Waals surface area contributed by atoms with E-state index in [2.05, 4.69) is 31.2 Å². The van der Waals surface area contributed by atoms with Crippen molar-refractivity contribution in [2.75, 3.05) is 43.5 Å². The minimum absolute atomic E-state index is 0.0538. The Bertz CT molecular complexity index is 1020. The summed E-state index contributed by atoms with van der Waals surface area (Å²) in [4.78, 5) is 27.0. The lowest BCUT2D eigenvalue weighted by Gasteiger charge is -2.38. The monoisotopic (exact) mass is 431 g/mol. The number of aromatic nitrogens is 2. The first-order chi connectivity index (χ1) is 14.1. The molecule has 1 atom stereocenters. The molecular weight excluding hydrogens is 410 g/mol. The number of nitrogens with one attached hydrogen (secondary N) is 1. The molecule has 7 nitrogen and oxygen atoms in total. The number of carbonyl (C=O) groups excluding carboxylic acids is 1. The van der Waals surface area contributed by atoms with Crippen LogP contribution in [-0.4, -0.2) is 60.1 Å². The molecule has 29 heavy (non-hydrogen) atoms. The number of ether oxygens (including phenoxy) is 1. The molecule has 0 radical (unpaired) electrons. The first-order valence-electron chi connectivity index (χ1n) is 9.38. The van der Waals surface area contributed by atoms with Crippen LogP contribution >= 0.6 is 22.9 Å². The van der Waals surface area contributed by atoms with Gasteiger partial charge in [-0.25, -0.2) is 9.97 Å². The van der Waals surface area contributed by atoms with Gasteiger partial charge in [-0.2, -0.15) is 0 Å². The number of rotatable bonds is 5. The van der Waals surface area contributed by atoms with Crippen molar-refractivity contribution in [3.63, 3.8) is 0 Å². The smallest absolute Gasteiger partial charge is 0.241 e. The van der Waals surface area contributed by atoms with Gasteiger partial charge in [0.15, 0.2) is 0 Å². The number of benzene rings is 1. The molecule has 0 aliphatic carbocycles. The van der Waals surface area contributed by atoms with E-state index in [0.717, 1.165) is 42.2 Å². The number of anilines is 2. The molecule has 1 unspecified atom stereocenters. The highest BCUT2D eigenvalue weighted by molar-refractivity contribution is 7.16. The molecule has 0 bridgehead atoms. The molecule has 3 aromatic rings. The number of carbonyl (C=O) groups is 1. The summed E-state index contributed by atoms with van der Waals surface area (Å²) in [6.07, 6.45) is 1.62. The number of piperazine rings is 1. The van der Waals surface area contributed by atoms with E-state index in [0.29, 0.717) is 16.5 Å². The van der Waals surface area contributed by atoms with E-state index in [-0.39, 0.29) is 11.9 Å². The summed E-state index contributed by atoms with van der Waals surface area (Å²) in [5, 5.41) is 6.54. The van der Waals surface area contributed by atoms with Crippen molar-refractivity contribution in [2.24, 2.45) is 0 Å². The van der Waals surface area contributed by atoms with Gasteiger partial charge in [0.05, 0.1) is 23.6 Å². The zero-order valence-corrected chi connectivity index (χ0v) is 17.8. The Morgan fingerprint density at radius 2 is 2.03 bits per heavy atom. The number of hydrogen-bond donors (Lipinski definition) is 1. The largest absolute Gasteiger partial charge is 0.495 e. The Hall–Kier alpha value is -2.42. The highest BCUT2D eigenvalue weighted by Crippen LogP contribution is 2.29. The van der Waals surface area contributed by atoms with Crippen LogP contribution in [-0.2, 0) is 4.79 Å². The first kappa shape index (κ1) is 19.9. The normalized spacial score (nSPS) is 16.0. The quantitative estimate of drug-likeness (QED) is 0.666. The van der Waals surface area contributed by atoms with E-state index in [4.69, 9.17) is 16.3 Å². The summed E-state index contributed by atoms with van der Waals surface area (Å²) in [5.74, 6) is 1.50. The molecule has 1 aliphatic heterocycles. The molecule has 152 valence electrons. The average Bonchev–Trinajstić information content (AvgIpc) is 3.22. The fourth-order valence-electron chi connectivity index (χ4n) is 3.51. The van der Waals surface area contributed by atoms with Gasteiger partial charge >= 0.3 is 0 Å².